The van der Waals surface area contributed by atoms with Crippen LogP contribution in [0.5, 0.6) is 0 Å². The van der Waals surface area contributed by atoms with Crippen LogP contribution in [0.15, 0.2) is 6.07 Å². The molecule has 2 aliphatic rings. The zero-order valence-electron chi connectivity index (χ0n) is 14.9. The predicted octanol–water partition coefficient (Wildman–Crippen LogP) is 2.39. The van der Waals surface area contributed by atoms with Crippen molar-refractivity contribution in [2.24, 2.45) is 5.73 Å². The highest BCUT2D eigenvalue weighted by atomic mass is 16.2. The highest BCUT2D eigenvalue weighted by molar-refractivity contribution is 5.95. The molecule has 0 aliphatic heterocycles. The molecule has 0 saturated heterocycles. The van der Waals surface area contributed by atoms with Crippen molar-refractivity contribution < 1.29 is 9.59 Å². The Morgan fingerprint density at radius 3 is 2.38 bits per heavy atom. The third-order valence-electron chi connectivity index (χ3n) is 4.94. The van der Waals surface area contributed by atoms with Gasteiger partial charge in [0.2, 0.25) is 5.91 Å². The molecule has 24 heavy (non-hydrogen) atoms. The minimum absolute atomic E-state index is 0.0232. The molecule has 6 heteroatoms. The first-order valence-corrected chi connectivity index (χ1v) is 8.97. The van der Waals surface area contributed by atoms with Gasteiger partial charge in [-0.2, -0.15) is 5.10 Å². The van der Waals surface area contributed by atoms with E-state index in [0.29, 0.717) is 11.6 Å². The van der Waals surface area contributed by atoms with E-state index in [1.165, 1.54) is 0 Å². The van der Waals surface area contributed by atoms with E-state index in [4.69, 9.17) is 5.73 Å². The van der Waals surface area contributed by atoms with Gasteiger partial charge in [-0.25, -0.2) is 0 Å². The Balaban J connectivity index is 1.90. The van der Waals surface area contributed by atoms with Crippen molar-refractivity contribution in [3.8, 4) is 0 Å². The van der Waals surface area contributed by atoms with Crippen molar-refractivity contribution in [1.82, 2.24) is 14.7 Å². The van der Waals surface area contributed by atoms with E-state index in [0.717, 1.165) is 44.2 Å². The summed E-state index contributed by atoms with van der Waals surface area (Å²) in [6.45, 7) is 6.26. The number of carbonyl (C=O) groups excluding carboxylic acids is 2. The van der Waals surface area contributed by atoms with Crippen LogP contribution < -0.4 is 5.73 Å². The zero-order valence-corrected chi connectivity index (χ0v) is 14.9. The van der Waals surface area contributed by atoms with Gasteiger partial charge in [-0.15, -0.1) is 0 Å². The number of hydrogen-bond acceptors (Lipinski definition) is 3. The summed E-state index contributed by atoms with van der Waals surface area (Å²) < 4.78 is 1.98. The molecule has 1 aromatic heterocycles. The highest BCUT2D eigenvalue weighted by Crippen LogP contribution is 2.42. The Kier molecular flexibility index (Phi) is 4.40. The molecule has 2 saturated carbocycles. The molecule has 132 valence electrons. The van der Waals surface area contributed by atoms with Crippen molar-refractivity contribution in [2.45, 2.75) is 76.8 Å². The Morgan fingerprint density at radius 1 is 1.25 bits per heavy atom. The third-order valence-corrected chi connectivity index (χ3v) is 4.94. The summed E-state index contributed by atoms with van der Waals surface area (Å²) in [6.07, 6.45) is 6.38. The van der Waals surface area contributed by atoms with Crippen molar-refractivity contribution in [2.75, 3.05) is 6.54 Å². The van der Waals surface area contributed by atoms with Crippen molar-refractivity contribution >= 4 is 11.8 Å². The summed E-state index contributed by atoms with van der Waals surface area (Å²) >= 11 is 0. The fourth-order valence-corrected chi connectivity index (χ4v) is 3.60. The number of aromatic nitrogens is 2. The van der Waals surface area contributed by atoms with Crippen LogP contribution in [0.3, 0.4) is 0 Å². The van der Waals surface area contributed by atoms with Crippen LogP contribution in [0.25, 0.3) is 0 Å². The fraction of sp³-hybridized carbons (Fsp3) is 0.722. The lowest BCUT2D eigenvalue weighted by Gasteiger charge is -2.27. The molecule has 2 aliphatic carbocycles. The molecule has 0 atom stereocenters. The zero-order chi connectivity index (χ0) is 17.5. The molecule has 1 heterocycles. The lowest BCUT2D eigenvalue weighted by atomic mass is 10.1. The summed E-state index contributed by atoms with van der Waals surface area (Å²) in [5.74, 6) is -0.118. The van der Waals surface area contributed by atoms with Gasteiger partial charge in [0.25, 0.3) is 5.91 Å². The van der Waals surface area contributed by atoms with Crippen molar-refractivity contribution in [1.29, 1.82) is 0 Å². The van der Waals surface area contributed by atoms with E-state index in [9.17, 15) is 9.59 Å². The average molecular weight is 332 g/mol. The van der Waals surface area contributed by atoms with E-state index >= 15 is 0 Å². The number of primary amides is 1. The Bertz CT molecular complexity index is 634. The average Bonchev–Trinajstić information content (AvgIpc) is 3.02. The first-order chi connectivity index (χ1) is 11.3. The maximum atomic E-state index is 13.0. The fourth-order valence-electron chi connectivity index (χ4n) is 3.60. The minimum atomic E-state index is -0.465. The van der Waals surface area contributed by atoms with Gasteiger partial charge in [-0.05, 0) is 52.5 Å². The van der Waals surface area contributed by atoms with E-state index in [2.05, 4.69) is 25.9 Å². The Morgan fingerprint density at radius 2 is 1.88 bits per heavy atom. The van der Waals surface area contributed by atoms with Crippen LogP contribution in [0.2, 0.25) is 0 Å². The molecule has 1 aromatic rings. The maximum absolute atomic E-state index is 13.0. The number of carbonyl (C=O) groups is 2. The molecule has 0 spiro atoms. The number of nitrogens with zero attached hydrogens (tertiary/aromatic N) is 3. The summed E-state index contributed by atoms with van der Waals surface area (Å²) in [5, 5.41) is 4.62. The van der Waals surface area contributed by atoms with E-state index in [-0.39, 0.29) is 24.0 Å². The van der Waals surface area contributed by atoms with Crippen LogP contribution in [0.1, 0.15) is 81.4 Å². The van der Waals surface area contributed by atoms with Crippen LogP contribution in [-0.2, 0) is 10.3 Å². The second-order valence-corrected chi connectivity index (χ2v) is 8.15. The van der Waals surface area contributed by atoms with Crippen molar-refractivity contribution in [3.63, 3.8) is 0 Å². The lowest BCUT2D eigenvalue weighted by Crippen LogP contribution is -2.44. The SMILES string of the molecule is CC(C)(C)n1nc(C(=O)N(CC(N)=O)C2CCCC2)cc1C1CC1. The smallest absolute Gasteiger partial charge is 0.275 e. The standard InChI is InChI=1S/C18H28N4O2/c1-18(2,3)22-15(12-8-9-12)10-14(20-22)17(24)21(11-16(19)23)13-6-4-5-7-13/h10,12-13H,4-9,11H2,1-3H3,(H2,19,23). The number of hydrogen-bond donors (Lipinski definition) is 1. The molecular formula is C18H28N4O2. The van der Waals surface area contributed by atoms with Crippen molar-refractivity contribution in [3.05, 3.63) is 17.5 Å². The third kappa shape index (κ3) is 3.47. The molecule has 0 aromatic carbocycles. The molecule has 0 radical (unpaired) electrons. The molecule has 6 nitrogen and oxygen atoms in total. The number of rotatable bonds is 5. The molecule has 2 N–H and O–H groups in total. The Labute approximate surface area is 143 Å². The van der Waals surface area contributed by atoms with Gasteiger partial charge in [-0.1, -0.05) is 12.8 Å². The topological polar surface area (TPSA) is 81.2 Å². The van der Waals surface area contributed by atoms with Gasteiger partial charge < -0.3 is 10.6 Å². The van der Waals surface area contributed by atoms with Crippen LogP contribution in [0, 0.1) is 0 Å². The first kappa shape index (κ1) is 17.0. The van der Waals surface area contributed by atoms with Crippen LogP contribution in [0.4, 0.5) is 0 Å². The summed E-state index contributed by atoms with van der Waals surface area (Å²) in [7, 11) is 0. The minimum Gasteiger partial charge on any atom is -0.368 e. The van der Waals surface area contributed by atoms with Gasteiger partial charge >= 0.3 is 0 Å². The summed E-state index contributed by atoms with van der Waals surface area (Å²) in [5.41, 5.74) is 6.79. The van der Waals surface area contributed by atoms with Gasteiger partial charge in [-0.3, -0.25) is 14.3 Å². The molecular weight excluding hydrogens is 304 g/mol. The van der Waals surface area contributed by atoms with Gasteiger partial charge in [0.1, 0.15) is 0 Å². The van der Waals surface area contributed by atoms with E-state index < -0.39 is 5.91 Å². The highest BCUT2D eigenvalue weighted by Gasteiger charge is 2.35. The van der Waals surface area contributed by atoms with Crippen LogP contribution >= 0.6 is 0 Å². The predicted molar refractivity (Wildman–Crippen MR) is 91.7 cm³/mol. The lowest BCUT2D eigenvalue weighted by molar-refractivity contribution is -0.119. The summed E-state index contributed by atoms with van der Waals surface area (Å²) in [4.78, 5) is 26.1. The van der Waals surface area contributed by atoms with Gasteiger partial charge in [0.05, 0.1) is 12.1 Å². The second-order valence-electron chi connectivity index (χ2n) is 8.15. The monoisotopic (exact) mass is 332 g/mol. The molecule has 3 rings (SSSR count). The number of nitrogens with two attached hydrogens (primary N) is 1. The molecule has 2 fully saturated rings. The van der Waals surface area contributed by atoms with E-state index in [1.54, 1.807) is 4.90 Å². The Hall–Kier alpha value is -1.85. The first-order valence-electron chi connectivity index (χ1n) is 8.97. The quantitative estimate of drug-likeness (QED) is 0.899. The largest absolute Gasteiger partial charge is 0.368 e. The molecule has 0 unspecified atom stereocenters. The maximum Gasteiger partial charge on any atom is 0.275 e. The summed E-state index contributed by atoms with van der Waals surface area (Å²) in [6, 6.07) is 2.03. The van der Waals surface area contributed by atoms with Gasteiger partial charge in [0, 0.05) is 17.7 Å². The molecule has 0 bridgehead atoms. The van der Waals surface area contributed by atoms with Crippen LogP contribution in [-0.4, -0.2) is 39.1 Å². The number of amides is 2. The second kappa shape index (κ2) is 6.22. The van der Waals surface area contributed by atoms with E-state index in [1.807, 2.05) is 10.7 Å². The van der Waals surface area contributed by atoms with Gasteiger partial charge in [0.15, 0.2) is 5.69 Å². The normalized spacial score (nSPS) is 18.8. The molecule has 2 amide bonds.